The second-order valence-electron chi connectivity index (χ2n) is 2.73. The van der Waals surface area contributed by atoms with E-state index in [2.05, 4.69) is 6.07 Å². The molecule has 0 bridgehead atoms. The first-order valence-corrected chi connectivity index (χ1v) is 6.45. The fraction of sp³-hybridized carbons (Fsp3) is 0.333. The molecule has 1 radical (unpaired) electrons. The van der Waals surface area contributed by atoms with Crippen molar-refractivity contribution in [2.45, 2.75) is 14.5 Å². The number of benzene rings is 1. The van der Waals surface area contributed by atoms with Gasteiger partial charge in [-0.05, 0) is 34.9 Å². The Bertz CT molecular complexity index is 269. The molecule has 0 aliphatic carbocycles. The molecule has 0 nitrogen and oxygen atoms in total. The average molecular weight is 326 g/mol. The Balaban J connectivity index is 3.20. The molecule has 0 aromatic heterocycles. The van der Waals surface area contributed by atoms with Gasteiger partial charge in [0.25, 0.3) is 0 Å². The maximum atomic E-state index is 5.74. The highest BCUT2D eigenvalue weighted by molar-refractivity contribution is 6.45. The molecule has 83 valence electrons. The monoisotopic (exact) mass is 323 g/mol. The Kier molecular flexibility index (Phi) is 5.65. The van der Waals surface area contributed by atoms with Crippen LogP contribution in [0.5, 0.6) is 0 Å². The molecule has 0 fully saturated rings. The first-order chi connectivity index (χ1) is 6.91. The van der Waals surface area contributed by atoms with Crippen molar-refractivity contribution in [2.75, 3.05) is 0 Å². The molecule has 0 heterocycles. The van der Waals surface area contributed by atoms with Crippen LogP contribution in [0.15, 0.2) is 12.1 Å². The van der Waals surface area contributed by atoms with E-state index >= 15 is 0 Å². The first kappa shape index (κ1) is 14.0. The molecule has 0 N–H and O–H groups in total. The summed E-state index contributed by atoms with van der Waals surface area (Å²) in [5.41, 5.74) is 1.73. The van der Waals surface area contributed by atoms with Crippen LogP contribution in [0, 0.1) is 6.07 Å². The zero-order valence-electron chi connectivity index (χ0n) is 7.15. The third-order valence-corrected chi connectivity index (χ3v) is 3.10. The van der Waals surface area contributed by atoms with Crippen LogP contribution < -0.4 is 0 Å². The van der Waals surface area contributed by atoms with E-state index < -0.39 is 14.5 Å². The zero-order valence-corrected chi connectivity index (χ0v) is 11.7. The summed E-state index contributed by atoms with van der Waals surface area (Å²) in [5.74, 6) is 0. The van der Waals surface area contributed by atoms with Crippen LogP contribution in [0.25, 0.3) is 0 Å². The molecule has 0 saturated heterocycles. The van der Waals surface area contributed by atoms with Crippen molar-refractivity contribution in [3.05, 3.63) is 34.9 Å². The molecule has 1 aromatic carbocycles. The van der Waals surface area contributed by atoms with Crippen LogP contribution in [-0.2, 0) is 0 Å². The molecular weight excluding hydrogens is 321 g/mol. The van der Waals surface area contributed by atoms with Crippen molar-refractivity contribution in [3.8, 4) is 0 Å². The van der Waals surface area contributed by atoms with Crippen LogP contribution >= 0.6 is 69.6 Å². The van der Waals surface area contributed by atoms with E-state index in [9.17, 15) is 0 Å². The highest BCUT2D eigenvalue weighted by Gasteiger charge is 2.14. The average Bonchev–Trinajstić information content (AvgIpc) is 2.16. The summed E-state index contributed by atoms with van der Waals surface area (Å²) >= 11 is 34.3. The number of hydrogen-bond acceptors (Lipinski definition) is 0. The lowest BCUT2D eigenvalue weighted by Crippen LogP contribution is -1.93. The molecule has 0 amide bonds. The van der Waals surface area contributed by atoms with Gasteiger partial charge in [0.15, 0.2) is 0 Å². The van der Waals surface area contributed by atoms with E-state index in [1.165, 1.54) is 0 Å². The number of rotatable bonds is 3. The fourth-order valence-electron chi connectivity index (χ4n) is 1.00. The highest BCUT2D eigenvalue weighted by Crippen LogP contribution is 2.35. The largest absolute Gasteiger partial charge is 0.133 e. The van der Waals surface area contributed by atoms with Crippen molar-refractivity contribution in [1.82, 2.24) is 0 Å². The van der Waals surface area contributed by atoms with Crippen molar-refractivity contribution in [1.29, 1.82) is 0 Å². The molecule has 1 rings (SSSR count). The summed E-state index contributed by atoms with van der Waals surface area (Å²) in [4.78, 5) is -2.12. The molecule has 15 heavy (non-hydrogen) atoms. The molecule has 0 atom stereocenters. The first-order valence-electron chi connectivity index (χ1n) is 3.83. The summed E-state index contributed by atoms with van der Waals surface area (Å²) in [6, 6.07) is 6.22. The van der Waals surface area contributed by atoms with Gasteiger partial charge in [0.1, 0.15) is 14.5 Å². The quantitative estimate of drug-likeness (QED) is 0.605. The van der Waals surface area contributed by atoms with E-state index in [1.807, 2.05) is 0 Å². The molecule has 0 unspecified atom stereocenters. The zero-order chi connectivity index (χ0) is 11.6. The Morgan fingerprint density at radius 1 is 0.733 bits per heavy atom. The van der Waals surface area contributed by atoms with Crippen molar-refractivity contribution < 1.29 is 0 Å². The molecule has 1 aromatic rings. The topological polar surface area (TPSA) is 0 Å². The Labute approximate surface area is 118 Å². The predicted molar refractivity (Wildman–Crippen MR) is 68.6 cm³/mol. The summed E-state index contributed by atoms with van der Waals surface area (Å²) < 4.78 is 0. The van der Waals surface area contributed by atoms with Gasteiger partial charge in [-0.1, -0.05) is 0 Å². The standard InChI is InChI=1S/C9H5Cl6/c10-7(11)4-1-5(8(12)13)3-6(2-4)9(14)15/h1-2,7-9H. The van der Waals surface area contributed by atoms with Crippen LogP contribution in [-0.4, -0.2) is 0 Å². The van der Waals surface area contributed by atoms with Crippen molar-refractivity contribution in [2.24, 2.45) is 0 Å². The molecule has 0 aliphatic heterocycles. The van der Waals surface area contributed by atoms with Crippen LogP contribution in [0.2, 0.25) is 0 Å². The number of hydrogen-bond donors (Lipinski definition) is 0. The van der Waals surface area contributed by atoms with E-state index in [-0.39, 0.29) is 0 Å². The minimum Gasteiger partial charge on any atom is -0.100 e. The van der Waals surface area contributed by atoms with E-state index in [0.29, 0.717) is 16.7 Å². The lowest BCUT2D eigenvalue weighted by atomic mass is 10.1. The second kappa shape index (κ2) is 6.05. The van der Waals surface area contributed by atoms with Gasteiger partial charge < -0.3 is 0 Å². The van der Waals surface area contributed by atoms with Crippen LogP contribution in [0.4, 0.5) is 0 Å². The Morgan fingerprint density at radius 2 is 1.13 bits per heavy atom. The van der Waals surface area contributed by atoms with Gasteiger partial charge in [0.2, 0.25) is 0 Å². The predicted octanol–water partition coefficient (Wildman–Crippen LogP) is 5.92. The minimum absolute atomic E-state index is 0.545. The summed E-state index contributed by atoms with van der Waals surface area (Å²) in [6.07, 6.45) is 0. The van der Waals surface area contributed by atoms with Gasteiger partial charge in [0.05, 0.1) is 0 Å². The van der Waals surface area contributed by atoms with Gasteiger partial charge in [-0.3, -0.25) is 0 Å². The number of alkyl halides is 6. The molecular formula is C9H5Cl6. The van der Waals surface area contributed by atoms with Crippen LogP contribution in [0.1, 0.15) is 31.2 Å². The lowest BCUT2D eigenvalue weighted by molar-refractivity contribution is 1.20. The summed E-state index contributed by atoms with van der Waals surface area (Å²) in [7, 11) is 0. The van der Waals surface area contributed by atoms with Gasteiger partial charge in [0, 0.05) is 0 Å². The summed E-state index contributed by atoms with van der Waals surface area (Å²) in [5, 5.41) is 0. The van der Waals surface area contributed by atoms with Crippen molar-refractivity contribution >= 4 is 69.6 Å². The third kappa shape index (κ3) is 4.03. The minimum atomic E-state index is -0.720. The lowest BCUT2D eigenvalue weighted by Gasteiger charge is -2.10. The normalized spacial score (nSPS) is 11.8. The van der Waals surface area contributed by atoms with Crippen LogP contribution in [0.3, 0.4) is 0 Å². The van der Waals surface area contributed by atoms with Crippen molar-refractivity contribution in [3.63, 3.8) is 0 Å². The smallest absolute Gasteiger partial charge is 0.100 e. The van der Waals surface area contributed by atoms with E-state index in [1.54, 1.807) is 12.1 Å². The third-order valence-electron chi connectivity index (χ3n) is 1.66. The molecule has 6 heteroatoms. The fourth-order valence-corrected chi connectivity index (χ4v) is 1.72. The maximum Gasteiger partial charge on any atom is 0.133 e. The molecule has 0 aliphatic rings. The SMILES string of the molecule is ClC(Cl)c1[c]c(C(Cl)Cl)cc(C(Cl)Cl)c1. The summed E-state index contributed by atoms with van der Waals surface area (Å²) in [6.45, 7) is 0. The van der Waals surface area contributed by atoms with E-state index in [4.69, 9.17) is 69.6 Å². The van der Waals surface area contributed by atoms with Gasteiger partial charge in [-0.25, -0.2) is 0 Å². The van der Waals surface area contributed by atoms with Gasteiger partial charge in [-0.15, -0.1) is 69.6 Å². The Morgan fingerprint density at radius 3 is 1.40 bits per heavy atom. The highest BCUT2D eigenvalue weighted by atomic mass is 35.5. The van der Waals surface area contributed by atoms with Gasteiger partial charge >= 0.3 is 0 Å². The van der Waals surface area contributed by atoms with E-state index in [0.717, 1.165) is 0 Å². The second-order valence-corrected chi connectivity index (χ2v) is 6.02. The molecule has 0 spiro atoms. The number of halogens is 6. The maximum absolute atomic E-state index is 5.74. The molecule has 0 saturated carbocycles. The Hall–Kier alpha value is 0.960. The van der Waals surface area contributed by atoms with Gasteiger partial charge in [-0.2, -0.15) is 0 Å².